The Kier molecular flexibility index (Phi) is 4.99. The van der Waals surface area contributed by atoms with Crippen molar-refractivity contribution in [1.82, 2.24) is 5.32 Å². The molecular formula is C16H12Cl2N2O3S. The van der Waals surface area contributed by atoms with Crippen LogP contribution in [0.25, 0.3) is 0 Å². The number of fused-ring (bicyclic) bond motifs is 1. The molecule has 0 fully saturated rings. The SMILES string of the molecule is O=C(NC1CCSc2ccc(Cl)cc21)c1ccc(Cl)cc1[N+](=O)[O-]. The number of nitrogens with one attached hydrogen (secondary N) is 1. The Morgan fingerprint density at radius 3 is 2.67 bits per heavy atom. The van der Waals surface area contributed by atoms with Gasteiger partial charge in [0.15, 0.2) is 0 Å². The lowest BCUT2D eigenvalue weighted by Gasteiger charge is -2.26. The molecule has 1 unspecified atom stereocenters. The topological polar surface area (TPSA) is 72.2 Å². The minimum atomic E-state index is -0.609. The fourth-order valence-electron chi connectivity index (χ4n) is 2.60. The zero-order chi connectivity index (χ0) is 17.3. The number of nitro benzene ring substituents is 1. The van der Waals surface area contributed by atoms with Crippen LogP contribution in [0.4, 0.5) is 5.69 Å². The lowest BCUT2D eigenvalue weighted by atomic mass is 10.0. The van der Waals surface area contributed by atoms with Gasteiger partial charge in [0.25, 0.3) is 11.6 Å². The van der Waals surface area contributed by atoms with Crippen LogP contribution < -0.4 is 5.32 Å². The van der Waals surface area contributed by atoms with Crippen LogP contribution in [-0.4, -0.2) is 16.6 Å². The second kappa shape index (κ2) is 7.01. The number of thioether (sulfide) groups is 1. The van der Waals surface area contributed by atoms with Crippen molar-refractivity contribution < 1.29 is 9.72 Å². The minimum Gasteiger partial charge on any atom is -0.345 e. The Morgan fingerprint density at radius 1 is 1.21 bits per heavy atom. The summed E-state index contributed by atoms with van der Waals surface area (Å²) >= 11 is 13.5. The molecule has 0 aromatic heterocycles. The van der Waals surface area contributed by atoms with E-state index >= 15 is 0 Å². The number of nitro groups is 1. The van der Waals surface area contributed by atoms with Crippen molar-refractivity contribution in [1.29, 1.82) is 0 Å². The van der Waals surface area contributed by atoms with Crippen LogP contribution in [0.3, 0.4) is 0 Å². The van der Waals surface area contributed by atoms with Crippen molar-refractivity contribution in [2.45, 2.75) is 17.4 Å². The van der Waals surface area contributed by atoms with Gasteiger partial charge in [0.1, 0.15) is 5.56 Å². The van der Waals surface area contributed by atoms with E-state index in [1.54, 1.807) is 11.8 Å². The van der Waals surface area contributed by atoms with Gasteiger partial charge in [-0.2, -0.15) is 0 Å². The summed E-state index contributed by atoms with van der Waals surface area (Å²) in [5.41, 5.74) is 0.617. The maximum atomic E-state index is 12.5. The summed E-state index contributed by atoms with van der Waals surface area (Å²) in [6, 6.07) is 9.33. The molecule has 0 bridgehead atoms. The van der Waals surface area contributed by atoms with Crippen molar-refractivity contribution in [2.75, 3.05) is 5.75 Å². The van der Waals surface area contributed by atoms with E-state index < -0.39 is 10.8 Å². The van der Waals surface area contributed by atoms with Crippen LogP contribution in [0.5, 0.6) is 0 Å². The smallest absolute Gasteiger partial charge is 0.283 e. The first kappa shape index (κ1) is 17.1. The zero-order valence-corrected chi connectivity index (χ0v) is 14.6. The molecule has 2 aromatic rings. The molecule has 124 valence electrons. The summed E-state index contributed by atoms with van der Waals surface area (Å²) in [4.78, 5) is 24.2. The number of hydrogen-bond acceptors (Lipinski definition) is 4. The molecular weight excluding hydrogens is 371 g/mol. The van der Waals surface area contributed by atoms with Crippen LogP contribution >= 0.6 is 35.0 Å². The molecule has 1 atom stereocenters. The zero-order valence-electron chi connectivity index (χ0n) is 12.3. The van der Waals surface area contributed by atoms with Crippen molar-refractivity contribution in [2.24, 2.45) is 0 Å². The van der Waals surface area contributed by atoms with E-state index in [1.807, 2.05) is 18.2 Å². The standard InChI is InChI=1S/C16H12Cl2N2O3S/c17-9-2-4-15-12(7-9)13(5-6-24-15)19-16(21)11-3-1-10(18)8-14(11)20(22)23/h1-4,7-8,13H,5-6H2,(H,19,21). The first-order chi connectivity index (χ1) is 11.5. The van der Waals surface area contributed by atoms with Gasteiger partial charge in [-0.3, -0.25) is 14.9 Å². The average molecular weight is 383 g/mol. The third-order valence-corrected chi connectivity index (χ3v) is 5.31. The average Bonchev–Trinajstić information content (AvgIpc) is 2.55. The number of halogens is 2. The van der Waals surface area contributed by atoms with E-state index in [9.17, 15) is 14.9 Å². The van der Waals surface area contributed by atoms with Gasteiger partial charge in [0, 0.05) is 26.8 Å². The lowest BCUT2D eigenvalue weighted by Crippen LogP contribution is -2.31. The van der Waals surface area contributed by atoms with Crippen LogP contribution in [0.1, 0.15) is 28.4 Å². The monoisotopic (exact) mass is 382 g/mol. The highest BCUT2D eigenvalue weighted by Gasteiger charge is 2.26. The third-order valence-electron chi connectivity index (χ3n) is 3.72. The Balaban J connectivity index is 1.90. The van der Waals surface area contributed by atoms with E-state index in [2.05, 4.69) is 5.32 Å². The van der Waals surface area contributed by atoms with E-state index in [-0.39, 0.29) is 22.3 Å². The van der Waals surface area contributed by atoms with Gasteiger partial charge in [0.05, 0.1) is 11.0 Å². The summed E-state index contributed by atoms with van der Waals surface area (Å²) in [6.07, 6.45) is 0.727. The molecule has 1 aliphatic rings. The highest BCUT2D eigenvalue weighted by molar-refractivity contribution is 7.99. The molecule has 0 aliphatic carbocycles. The summed E-state index contributed by atoms with van der Waals surface area (Å²) in [5.74, 6) is 0.351. The predicted molar refractivity (Wildman–Crippen MR) is 95.1 cm³/mol. The maximum Gasteiger partial charge on any atom is 0.283 e. The Bertz CT molecular complexity index is 829. The Labute approximate surface area is 152 Å². The van der Waals surface area contributed by atoms with Crippen LogP contribution in [0.15, 0.2) is 41.3 Å². The number of rotatable bonds is 3. The van der Waals surface area contributed by atoms with Gasteiger partial charge in [0.2, 0.25) is 0 Å². The highest BCUT2D eigenvalue weighted by Crippen LogP contribution is 2.38. The molecule has 1 aliphatic heterocycles. The highest BCUT2D eigenvalue weighted by atomic mass is 35.5. The normalized spacial score (nSPS) is 16.3. The first-order valence-corrected chi connectivity index (χ1v) is 8.87. The van der Waals surface area contributed by atoms with Gasteiger partial charge in [-0.25, -0.2) is 0 Å². The molecule has 1 amide bonds. The molecule has 24 heavy (non-hydrogen) atoms. The fraction of sp³-hybridized carbons (Fsp3) is 0.188. The molecule has 1 heterocycles. The summed E-state index contributed by atoms with van der Waals surface area (Å²) in [5, 5.41) is 14.8. The van der Waals surface area contributed by atoms with Gasteiger partial charge in [-0.15, -0.1) is 11.8 Å². The molecule has 0 saturated carbocycles. The molecule has 1 N–H and O–H groups in total. The lowest BCUT2D eigenvalue weighted by molar-refractivity contribution is -0.385. The van der Waals surface area contributed by atoms with Gasteiger partial charge in [-0.1, -0.05) is 23.2 Å². The summed E-state index contributed by atoms with van der Waals surface area (Å²) in [6.45, 7) is 0. The largest absolute Gasteiger partial charge is 0.345 e. The number of nitrogens with zero attached hydrogens (tertiary/aromatic N) is 1. The molecule has 0 spiro atoms. The van der Waals surface area contributed by atoms with Crippen molar-refractivity contribution >= 4 is 46.6 Å². The third kappa shape index (κ3) is 3.50. The fourth-order valence-corrected chi connectivity index (χ4v) is 4.05. The summed E-state index contributed by atoms with van der Waals surface area (Å²) in [7, 11) is 0. The first-order valence-electron chi connectivity index (χ1n) is 7.13. The number of carbonyl (C=O) groups excluding carboxylic acids is 1. The Morgan fingerprint density at radius 2 is 1.92 bits per heavy atom. The maximum absolute atomic E-state index is 12.5. The van der Waals surface area contributed by atoms with Crippen molar-refractivity contribution in [3.05, 3.63) is 67.7 Å². The van der Waals surface area contributed by atoms with E-state index in [1.165, 1.54) is 18.2 Å². The van der Waals surface area contributed by atoms with E-state index in [0.717, 1.165) is 22.6 Å². The predicted octanol–water partition coefficient (Wildman–Crippen LogP) is 4.87. The number of amides is 1. The van der Waals surface area contributed by atoms with Crippen molar-refractivity contribution in [3.8, 4) is 0 Å². The van der Waals surface area contributed by atoms with E-state index in [4.69, 9.17) is 23.2 Å². The second-order valence-electron chi connectivity index (χ2n) is 5.26. The van der Waals surface area contributed by atoms with Crippen LogP contribution in [0.2, 0.25) is 10.0 Å². The molecule has 3 rings (SSSR count). The van der Waals surface area contributed by atoms with Gasteiger partial charge < -0.3 is 5.32 Å². The number of benzene rings is 2. The molecule has 0 radical (unpaired) electrons. The molecule has 0 saturated heterocycles. The second-order valence-corrected chi connectivity index (χ2v) is 7.27. The quantitative estimate of drug-likeness (QED) is 0.606. The number of carbonyl (C=O) groups is 1. The Hall–Kier alpha value is -1.76. The van der Waals surface area contributed by atoms with Crippen LogP contribution in [0, 0.1) is 10.1 Å². The van der Waals surface area contributed by atoms with Gasteiger partial charge in [-0.05, 0) is 42.3 Å². The molecule has 5 nitrogen and oxygen atoms in total. The molecule has 2 aromatic carbocycles. The van der Waals surface area contributed by atoms with Gasteiger partial charge >= 0.3 is 0 Å². The molecule has 8 heteroatoms. The number of hydrogen-bond donors (Lipinski definition) is 1. The van der Waals surface area contributed by atoms with Crippen LogP contribution in [-0.2, 0) is 0 Å². The summed E-state index contributed by atoms with van der Waals surface area (Å²) < 4.78 is 0. The van der Waals surface area contributed by atoms with Crippen molar-refractivity contribution in [3.63, 3.8) is 0 Å². The van der Waals surface area contributed by atoms with E-state index in [0.29, 0.717) is 5.02 Å². The minimum absolute atomic E-state index is 0.00814.